The van der Waals surface area contributed by atoms with Gasteiger partial charge in [0.1, 0.15) is 0 Å². The maximum Gasteiger partial charge on any atom is 0.389 e. The number of nitrogens with zero attached hydrogens (tertiary/aromatic N) is 1. The number of halogens is 3. The molecule has 0 unspecified atom stereocenters. The largest absolute Gasteiger partial charge is 0.476 e. The fourth-order valence-corrected chi connectivity index (χ4v) is 3.39. The van der Waals surface area contributed by atoms with E-state index >= 15 is 0 Å². The Morgan fingerprint density at radius 2 is 2.11 bits per heavy atom. The number of hydrogen-bond donors (Lipinski definition) is 2. The normalized spacial score (nSPS) is 12.6. The molecule has 0 bridgehead atoms. The minimum absolute atomic E-state index is 0.427. The van der Waals surface area contributed by atoms with Gasteiger partial charge in [0.15, 0.2) is 9.90 Å². The first-order chi connectivity index (χ1) is 8.63. The topological polar surface area (TPSA) is 96.4 Å². The Balaban J connectivity index is 2.67. The smallest absolute Gasteiger partial charge is 0.389 e. The molecule has 11 heteroatoms. The number of carboxylic acids is 1. The Morgan fingerprint density at radius 3 is 2.63 bits per heavy atom. The molecular formula is C8H9F3N2O4S2. The van der Waals surface area contributed by atoms with E-state index < -0.39 is 51.5 Å². The molecule has 0 amide bonds. The zero-order valence-corrected chi connectivity index (χ0v) is 10.9. The van der Waals surface area contributed by atoms with Gasteiger partial charge in [0.2, 0.25) is 0 Å². The van der Waals surface area contributed by atoms with Crippen LogP contribution in [0.2, 0.25) is 0 Å². The molecule has 0 saturated carbocycles. The van der Waals surface area contributed by atoms with Crippen molar-refractivity contribution in [3.05, 3.63) is 11.2 Å². The highest BCUT2D eigenvalue weighted by Gasteiger charge is 2.28. The van der Waals surface area contributed by atoms with Crippen molar-refractivity contribution in [3.8, 4) is 0 Å². The molecule has 0 aliphatic heterocycles. The Morgan fingerprint density at radius 1 is 1.47 bits per heavy atom. The van der Waals surface area contributed by atoms with Gasteiger partial charge in [-0.3, -0.25) is 0 Å². The molecule has 6 nitrogen and oxygen atoms in total. The van der Waals surface area contributed by atoms with Crippen LogP contribution in [0, 0.1) is 0 Å². The number of aromatic carboxylic acids is 1. The van der Waals surface area contributed by atoms with E-state index in [0.717, 1.165) is 5.51 Å². The van der Waals surface area contributed by atoms with E-state index in [1.165, 1.54) is 0 Å². The molecule has 2 N–H and O–H groups in total. The van der Waals surface area contributed by atoms with Crippen molar-refractivity contribution in [2.75, 3.05) is 6.54 Å². The molecule has 0 spiro atoms. The summed E-state index contributed by atoms with van der Waals surface area (Å²) < 4.78 is 60.3. The SMILES string of the molecule is O=C(O)c1ncsc1S(=O)(=O)NCCCC(F)(F)F. The first kappa shape index (κ1) is 15.9. The molecule has 0 saturated heterocycles. The van der Waals surface area contributed by atoms with Crippen LogP contribution in [0.1, 0.15) is 23.3 Å². The van der Waals surface area contributed by atoms with Crippen molar-refractivity contribution >= 4 is 27.3 Å². The summed E-state index contributed by atoms with van der Waals surface area (Å²) in [4.78, 5) is 14.1. The molecule has 19 heavy (non-hydrogen) atoms. The summed E-state index contributed by atoms with van der Waals surface area (Å²) in [5.74, 6) is -1.52. The molecule has 1 aromatic heterocycles. The second-order valence-electron chi connectivity index (χ2n) is 3.41. The highest BCUT2D eigenvalue weighted by Crippen LogP contribution is 2.22. The summed E-state index contributed by atoms with van der Waals surface area (Å²) in [6.45, 7) is -0.432. The first-order valence-corrected chi connectivity index (χ1v) is 7.23. The number of sulfonamides is 1. The molecule has 1 rings (SSSR count). The Bertz CT molecular complexity index is 553. The molecule has 0 aliphatic carbocycles. The second kappa shape index (κ2) is 5.84. The molecule has 0 aromatic carbocycles. The third kappa shape index (κ3) is 4.76. The van der Waals surface area contributed by atoms with Crippen LogP contribution in [0.4, 0.5) is 13.2 Å². The molecule has 0 fully saturated rings. The van der Waals surface area contributed by atoms with E-state index in [9.17, 15) is 26.4 Å². The highest BCUT2D eigenvalue weighted by atomic mass is 32.2. The minimum Gasteiger partial charge on any atom is -0.476 e. The number of aromatic nitrogens is 1. The standard InChI is InChI=1S/C8H9F3N2O4S2/c9-8(10,11)2-1-3-13-19(16,17)7-5(6(14)15)12-4-18-7/h4,13H,1-3H2,(H,14,15). The van der Waals surface area contributed by atoms with Crippen molar-refractivity contribution in [3.63, 3.8) is 0 Å². The van der Waals surface area contributed by atoms with E-state index in [0.29, 0.717) is 11.3 Å². The lowest BCUT2D eigenvalue weighted by Crippen LogP contribution is -2.26. The summed E-state index contributed by atoms with van der Waals surface area (Å²) in [7, 11) is -4.15. The second-order valence-corrected chi connectivity index (χ2v) is 6.23. The van der Waals surface area contributed by atoms with Crippen LogP contribution in [-0.4, -0.2) is 37.2 Å². The lowest BCUT2D eigenvalue weighted by atomic mass is 10.3. The molecule has 108 valence electrons. The number of carbonyl (C=O) groups is 1. The Labute approximate surface area is 110 Å². The predicted molar refractivity (Wildman–Crippen MR) is 59.6 cm³/mol. The fraction of sp³-hybridized carbons (Fsp3) is 0.500. The van der Waals surface area contributed by atoms with Crippen LogP contribution in [0.25, 0.3) is 0 Å². The van der Waals surface area contributed by atoms with Crippen molar-refractivity contribution < 1.29 is 31.5 Å². The van der Waals surface area contributed by atoms with Gasteiger partial charge >= 0.3 is 12.1 Å². The van der Waals surface area contributed by atoms with Crippen LogP contribution in [0.5, 0.6) is 0 Å². The van der Waals surface area contributed by atoms with Crippen molar-refractivity contribution in [2.45, 2.75) is 23.2 Å². The summed E-state index contributed by atoms with van der Waals surface area (Å²) >= 11 is 0.584. The number of rotatable bonds is 6. The quantitative estimate of drug-likeness (QED) is 0.774. The minimum atomic E-state index is -4.36. The first-order valence-electron chi connectivity index (χ1n) is 4.86. The summed E-state index contributed by atoms with van der Waals surface area (Å²) in [6, 6.07) is 0. The summed E-state index contributed by atoms with van der Waals surface area (Å²) in [6.07, 6.45) is -5.91. The van der Waals surface area contributed by atoms with E-state index in [1.54, 1.807) is 0 Å². The molecule has 1 heterocycles. The predicted octanol–water partition coefficient (Wildman–Crippen LogP) is 1.46. The van der Waals surface area contributed by atoms with Crippen molar-refractivity contribution in [1.29, 1.82) is 0 Å². The van der Waals surface area contributed by atoms with Crippen molar-refractivity contribution in [2.24, 2.45) is 0 Å². The van der Waals surface area contributed by atoms with Crippen LogP contribution in [-0.2, 0) is 10.0 Å². The average Bonchev–Trinajstić information content (AvgIpc) is 2.72. The zero-order valence-electron chi connectivity index (χ0n) is 9.27. The maximum absolute atomic E-state index is 11.9. The molecule has 0 radical (unpaired) electrons. The van der Waals surface area contributed by atoms with E-state index in [4.69, 9.17) is 5.11 Å². The lowest BCUT2D eigenvalue weighted by molar-refractivity contribution is -0.135. The van der Waals surface area contributed by atoms with Gasteiger partial charge in [-0.2, -0.15) is 13.2 Å². The maximum atomic E-state index is 11.9. The van der Waals surface area contributed by atoms with Gasteiger partial charge in [0, 0.05) is 13.0 Å². The number of thiazole rings is 1. The van der Waals surface area contributed by atoms with Gasteiger partial charge in [0.25, 0.3) is 10.0 Å². The third-order valence-corrected chi connectivity index (χ3v) is 4.74. The average molecular weight is 318 g/mol. The van der Waals surface area contributed by atoms with Gasteiger partial charge < -0.3 is 5.11 Å². The van der Waals surface area contributed by atoms with Gasteiger partial charge in [-0.1, -0.05) is 0 Å². The van der Waals surface area contributed by atoms with Crippen LogP contribution in [0.15, 0.2) is 9.72 Å². The van der Waals surface area contributed by atoms with E-state index in [2.05, 4.69) is 4.98 Å². The molecule has 0 aliphatic rings. The van der Waals surface area contributed by atoms with Crippen molar-refractivity contribution in [1.82, 2.24) is 9.71 Å². The lowest BCUT2D eigenvalue weighted by Gasteiger charge is -2.07. The van der Waals surface area contributed by atoms with Crippen LogP contribution in [0.3, 0.4) is 0 Å². The van der Waals surface area contributed by atoms with Gasteiger partial charge in [-0.05, 0) is 6.42 Å². The van der Waals surface area contributed by atoms with E-state index in [1.807, 2.05) is 4.72 Å². The number of alkyl halides is 3. The highest BCUT2D eigenvalue weighted by molar-refractivity contribution is 7.91. The molecular weight excluding hydrogens is 309 g/mol. The van der Waals surface area contributed by atoms with E-state index in [-0.39, 0.29) is 0 Å². The molecule has 1 aromatic rings. The summed E-state index contributed by atoms with van der Waals surface area (Å²) in [5, 5.41) is 8.70. The fourth-order valence-electron chi connectivity index (χ4n) is 1.13. The number of hydrogen-bond acceptors (Lipinski definition) is 5. The number of nitrogens with one attached hydrogen (secondary N) is 1. The summed E-state index contributed by atoms with van der Waals surface area (Å²) in [5.41, 5.74) is 0.390. The Kier molecular flexibility index (Phi) is 4.87. The van der Waals surface area contributed by atoms with Gasteiger partial charge in [-0.25, -0.2) is 22.9 Å². The van der Waals surface area contributed by atoms with Crippen LogP contribution >= 0.6 is 11.3 Å². The zero-order chi connectivity index (χ0) is 14.7. The monoisotopic (exact) mass is 318 g/mol. The van der Waals surface area contributed by atoms with Crippen LogP contribution < -0.4 is 4.72 Å². The Hall–Kier alpha value is -1.20. The third-order valence-electron chi connectivity index (χ3n) is 1.91. The van der Waals surface area contributed by atoms with Gasteiger partial charge in [-0.15, -0.1) is 11.3 Å². The molecule has 0 atom stereocenters. The van der Waals surface area contributed by atoms with Gasteiger partial charge in [0.05, 0.1) is 5.51 Å². The number of carboxylic acid groups (broad SMARTS) is 1.